The number of aryl methyl sites for hydroxylation is 1. The Hall–Kier alpha value is -3.42. The van der Waals surface area contributed by atoms with Crippen LogP contribution < -0.4 is 4.74 Å². The molecule has 1 fully saturated rings. The molecule has 0 bridgehead atoms. The molecule has 1 saturated carbocycles. The van der Waals surface area contributed by atoms with Crippen molar-refractivity contribution in [2.75, 3.05) is 20.3 Å². The van der Waals surface area contributed by atoms with E-state index in [-0.39, 0.29) is 24.2 Å². The summed E-state index contributed by atoms with van der Waals surface area (Å²) in [5.41, 5.74) is 5.96. The van der Waals surface area contributed by atoms with Crippen molar-refractivity contribution in [2.45, 2.75) is 64.3 Å². The van der Waals surface area contributed by atoms with Crippen LogP contribution in [0.25, 0.3) is 11.0 Å². The Labute approximate surface area is 217 Å². The highest BCUT2D eigenvalue weighted by atomic mass is 16.5. The Balaban J connectivity index is 1.51. The number of hydrogen-bond donors (Lipinski definition) is 0. The first-order valence-corrected chi connectivity index (χ1v) is 13.4. The fraction of sp³-hybridized carbons (Fsp3) is 0.517. The quantitative estimate of drug-likeness (QED) is 0.440. The lowest BCUT2D eigenvalue weighted by Gasteiger charge is -2.35. The zero-order valence-electron chi connectivity index (χ0n) is 22.0. The van der Waals surface area contributed by atoms with Crippen molar-refractivity contribution in [1.82, 2.24) is 19.9 Å². The number of carbonyl (C=O) groups is 2. The average molecular weight is 505 g/mol. The van der Waals surface area contributed by atoms with E-state index in [0.29, 0.717) is 31.4 Å². The molecule has 196 valence electrons. The number of amides is 1. The Morgan fingerprint density at radius 2 is 1.97 bits per heavy atom. The maximum absolute atomic E-state index is 13.3. The molecule has 1 unspecified atom stereocenters. The normalized spacial score (nSPS) is 16.9. The zero-order chi connectivity index (χ0) is 25.9. The standard InChI is InChI=1S/C29H36N4O4/c1-4-37-27(34)17-24(21-15-25-28(26(16-21)36-3)32(2)31-30-25)23-12-8-11-20-18-33(14-13-22(20)23)29(35)19-9-6-5-7-10-19/h8,11-12,15-16,19,24H,4-7,9-10,13-14,17-18H2,1-3H3. The summed E-state index contributed by atoms with van der Waals surface area (Å²) in [7, 11) is 3.47. The highest BCUT2D eigenvalue weighted by Crippen LogP contribution is 2.38. The molecule has 5 rings (SSSR count). The minimum atomic E-state index is -0.242. The van der Waals surface area contributed by atoms with Crippen molar-refractivity contribution < 1.29 is 19.1 Å². The van der Waals surface area contributed by atoms with Gasteiger partial charge in [0.15, 0.2) is 0 Å². The fourth-order valence-corrected chi connectivity index (χ4v) is 6.09. The third-order valence-electron chi connectivity index (χ3n) is 7.93. The van der Waals surface area contributed by atoms with Gasteiger partial charge in [-0.2, -0.15) is 0 Å². The van der Waals surface area contributed by atoms with Gasteiger partial charge >= 0.3 is 5.97 Å². The van der Waals surface area contributed by atoms with Gasteiger partial charge in [0.05, 0.1) is 20.1 Å². The van der Waals surface area contributed by atoms with Crippen molar-refractivity contribution in [2.24, 2.45) is 13.0 Å². The van der Waals surface area contributed by atoms with Gasteiger partial charge in [-0.25, -0.2) is 4.68 Å². The molecule has 0 saturated heterocycles. The molecule has 1 amide bonds. The predicted molar refractivity (Wildman–Crippen MR) is 140 cm³/mol. The summed E-state index contributed by atoms with van der Waals surface area (Å²) in [4.78, 5) is 28.1. The molecular formula is C29H36N4O4. The van der Waals surface area contributed by atoms with Gasteiger partial charge < -0.3 is 14.4 Å². The Morgan fingerprint density at radius 1 is 1.16 bits per heavy atom. The topological polar surface area (TPSA) is 86.6 Å². The Kier molecular flexibility index (Phi) is 7.44. The largest absolute Gasteiger partial charge is 0.494 e. The SMILES string of the molecule is CCOC(=O)CC(c1cc(OC)c2c(c1)nnn2C)c1cccc2c1CCN(C(=O)C1CCCCC1)C2. The van der Waals surface area contributed by atoms with Gasteiger partial charge in [0, 0.05) is 32.0 Å². The van der Waals surface area contributed by atoms with E-state index in [2.05, 4.69) is 22.4 Å². The first kappa shape index (κ1) is 25.2. The van der Waals surface area contributed by atoms with Crippen LogP contribution in [0.15, 0.2) is 30.3 Å². The molecule has 1 atom stereocenters. The number of methoxy groups -OCH3 is 1. The van der Waals surface area contributed by atoms with Crippen molar-refractivity contribution >= 4 is 22.9 Å². The van der Waals surface area contributed by atoms with E-state index in [4.69, 9.17) is 9.47 Å². The number of carbonyl (C=O) groups excluding carboxylic acids is 2. The summed E-state index contributed by atoms with van der Waals surface area (Å²) in [5, 5.41) is 8.47. The molecule has 8 heteroatoms. The van der Waals surface area contributed by atoms with Gasteiger partial charge in [0.1, 0.15) is 16.8 Å². The second-order valence-electron chi connectivity index (χ2n) is 10.2. The van der Waals surface area contributed by atoms with Gasteiger partial charge in [-0.3, -0.25) is 9.59 Å². The van der Waals surface area contributed by atoms with Crippen LogP contribution >= 0.6 is 0 Å². The second kappa shape index (κ2) is 10.9. The lowest BCUT2D eigenvalue weighted by molar-refractivity contribution is -0.143. The first-order valence-electron chi connectivity index (χ1n) is 13.4. The van der Waals surface area contributed by atoms with Crippen LogP contribution in [0.5, 0.6) is 5.75 Å². The highest BCUT2D eigenvalue weighted by Gasteiger charge is 2.31. The third-order valence-corrected chi connectivity index (χ3v) is 7.93. The lowest BCUT2D eigenvalue weighted by atomic mass is 9.81. The molecule has 1 aliphatic carbocycles. The fourth-order valence-electron chi connectivity index (χ4n) is 6.09. The minimum Gasteiger partial charge on any atom is -0.494 e. The van der Waals surface area contributed by atoms with Crippen molar-refractivity contribution in [1.29, 1.82) is 0 Å². The van der Waals surface area contributed by atoms with Gasteiger partial charge in [-0.1, -0.05) is 42.7 Å². The van der Waals surface area contributed by atoms with Crippen LogP contribution in [0.4, 0.5) is 0 Å². The van der Waals surface area contributed by atoms with E-state index in [1.807, 2.05) is 37.1 Å². The number of esters is 1. The number of aromatic nitrogens is 3. The van der Waals surface area contributed by atoms with Gasteiger partial charge in [0.25, 0.3) is 0 Å². The molecule has 2 aliphatic rings. The maximum Gasteiger partial charge on any atom is 0.306 e. The third kappa shape index (κ3) is 5.06. The van der Waals surface area contributed by atoms with E-state index < -0.39 is 0 Å². The van der Waals surface area contributed by atoms with Gasteiger partial charge in [0.2, 0.25) is 5.91 Å². The van der Waals surface area contributed by atoms with Crippen LogP contribution in [-0.2, 0) is 34.3 Å². The summed E-state index contributed by atoms with van der Waals surface area (Å²) in [6, 6.07) is 10.2. The highest BCUT2D eigenvalue weighted by molar-refractivity contribution is 5.83. The number of ether oxygens (including phenoxy) is 2. The smallest absolute Gasteiger partial charge is 0.306 e. The summed E-state index contributed by atoms with van der Waals surface area (Å²) < 4.78 is 12.8. The number of nitrogens with zero attached hydrogens (tertiary/aromatic N) is 4. The van der Waals surface area contributed by atoms with Crippen molar-refractivity contribution in [3.63, 3.8) is 0 Å². The molecule has 3 aromatic rings. The average Bonchev–Trinajstić information content (AvgIpc) is 3.31. The minimum absolute atomic E-state index is 0.168. The summed E-state index contributed by atoms with van der Waals surface area (Å²) in [6.07, 6.45) is 6.55. The monoisotopic (exact) mass is 504 g/mol. The maximum atomic E-state index is 13.3. The summed E-state index contributed by atoms with van der Waals surface area (Å²) in [5.74, 6) is 0.670. The van der Waals surface area contributed by atoms with Crippen LogP contribution in [0.2, 0.25) is 0 Å². The molecular weight excluding hydrogens is 468 g/mol. The molecule has 37 heavy (non-hydrogen) atoms. The number of benzene rings is 2. The van der Waals surface area contributed by atoms with Crippen LogP contribution in [0.1, 0.15) is 73.6 Å². The van der Waals surface area contributed by atoms with E-state index in [0.717, 1.165) is 59.8 Å². The van der Waals surface area contributed by atoms with E-state index in [1.54, 1.807) is 11.8 Å². The Morgan fingerprint density at radius 3 is 2.73 bits per heavy atom. The van der Waals surface area contributed by atoms with Crippen molar-refractivity contribution in [3.8, 4) is 5.75 Å². The summed E-state index contributed by atoms with van der Waals surface area (Å²) >= 11 is 0. The molecule has 1 aromatic heterocycles. The van der Waals surface area contributed by atoms with E-state index in [1.165, 1.54) is 12.0 Å². The van der Waals surface area contributed by atoms with Crippen molar-refractivity contribution in [3.05, 3.63) is 52.6 Å². The number of hydrogen-bond acceptors (Lipinski definition) is 6. The molecule has 2 aromatic carbocycles. The van der Waals surface area contributed by atoms with Gasteiger partial charge in [-0.05, 0) is 60.6 Å². The van der Waals surface area contributed by atoms with E-state index >= 15 is 0 Å². The molecule has 0 N–H and O–H groups in total. The predicted octanol–water partition coefficient (Wildman–Crippen LogP) is 4.53. The molecule has 1 aliphatic heterocycles. The van der Waals surface area contributed by atoms with Crippen LogP contribution in [0, 0.1) is 5.92 Å². The molecule has 8 nitrogen and oxygen atoms in total. The Bertz CT molecular complexity index is 1290. The second-order valence-corrected chi connectivity index (χ2v) is 10.2. The number of fused-ring (bicyclic) bond motifs is 2. The molecule has 2 heterocycles. The zero-order valence-corrected chi connectivity index (χ0v) is 22.0. The van der Waals surface area contributed by atoms with Gasteiger partial charge in [-0.15, -0.1) is 5.10 Å². The first-order chi connectivity index (χ1) is 18.0. The number of rotatable bonds is 7. The molecule has 0 radical (unpaired) electrons. The van der Waals surface area contributed by atoms with Crippen LogP contribution in [-0.4, -0.2) is 52.0 Å². The lowest BCUT2D eigenvalue weighted by Crippen LogP contribution is -2.40. The molecule has 0 spiro atoms. The van der Waals surface area contributed by atoms with Crippen LogP contribution in [0.3, 0.4) is 0 Å². The summed E-state index contributed by atoms with van der Waals surface area (Å²) in [6.45, 7) is 3.49. The van der Waals surface area contributed by atoms with E-state index in [9.17, 15) is 9.59 Å².